The average molecular weight is 384 g/mol. The van der Waals surface area contributed by atoms with Crippen molar-refractivity contribution in [3.05, 3.63) is 59.6 Å². The number of carbonyl (C=O) groups excluding carboxylic acids is 2. The Balaban J connectivity index is 1.66. The molecule has 1 N–H and O–H groups in total. The molecule has 0 atom stereocenters. The monoisotopic (exact) mass is 384 g/mol. The zero-order chi connectivity index (χ0) is 19.7. The summed E-state index contributed by atoms with van der Waals surface area (Å²) in [4.78, 5) is 28.3. The lowest BCUT2D eigenvalue weighted by atomic mass is 10.1. The van der Waals surface area contributed by atoms with Crippen LogP contribution < -0.4 is 9.80 Å². The molecule has 2 fully saturated rings. The van der Waals surface area contributed by atoms with E-state index in [1.807, 2.05) is 17.0 Å². The van der Waals surface area contributed by atoms with E-state index in [0.717, 1.165) is 22.7 Å². The molecule has 2 aromatic carbocycles. The number of cyclic esters (lactones) is 1. The maximum atomic E-state index is 13.5. The Morgan fingerprint density at radius 1 is 1.04 bits per heavy atom. The number of aromatic hydroxyl groups is 1. The number of ether oxygens (including phenoxy) is 2. The summed E-state index contributed by atoms with van der Waals surface area (Å²) in [7, 11) is 0. The molecule has 0 spiro atoms. The molecule has 2 amide bonds. The molecule has 2 heterocycles. The number of anilines is 2. The standard InChI is InChI=1S/C20H17FN2O5/c21-14-11-13(5-6-17(14)24)12-18-19(25)23(20(26)28-18)16-4-2-1-3-15(16)22-7-9-27-10-8-22/h1-6,11-12,24H,7-10H2/b18-12+. The smallest absolute Gasteiger partial charge is 0.427 e. The number of hydrogen-bond acceptors (Lipinski definition) is 6. The number of morpholine rings is 1. The number of nitrogens with zero attached hydrogens (tertiary/aromatic N) is 2. The van der Waals surface area contributed by atoms with Crippen molar-refractivity contribution in [3.63, 3.8) is 0 Å². The maximum Gasteiger partial charge on any atom is 0.427 e. The fourth-order valence-electron chi connectivity index (χ4n) is 3.16. The lowest BCUT2D eigenvalue weighted by Crippen LogP contribution is -2.38. The Kier molecular flexibility index (Phi) is 4.70. The summed E-state index contributed by atoms with van der Waals surface area (Å²) in [5, 5.41) is 9.27. The van der Waals surface area contributed by atoms with Crippen molar-refractivity contribution in [2.75, 3.05) is 36.1 Å². The van der Waals surface area contributed by atoms with Gasteiger partial charge in [-0.05, 0) is 35.9 Å². The lowest BCUT2D eigenvalue weighted by molar-refractivity contribution is -0.114. The van der Waals surface area contributed by atoms with Crippen LogP contribution in [-0.4, -0.2) is 43.4 Å². The van der Waals surface area contributed by atoms with Crippen LogP contribution in [0.2, 0.25) is 0 Å². The third kappa shape index (κ3) is 3.29. The SMILES string of the molecule is O=C1O/C(=C/c2ccc(O)c(F)c2)C(=O)N1c1ccccc1N1CCOCC1. The van der Waals surface area contributed by atoms with E-state index in [2.05, 4.69) is 0 Å². The molecule has 2 aliphatic rings. The summed E-state index contributed by atoms with van der Waals surface area (Å²) in [5.74, 6) is -2.19. The first-order valence-electron chi connectivity index (χ1n) is 8.73. The minimum Gasteiger partial charge on any atom is -0.505 e. The summed E-state index contributed by atoms with van der Waals surface area (Å²) in [6, 6.07) is 10.7. The Hall–Kier alpha value is -3.39. The largest absolute Gasteiger partial charge is 0.505 e. The van der Waals surface area contributed by atoms with Crippen LogP contribution in [0.15, 0.2) is 48.2 Å². The first-order valence-corrected chi connectivity index (χ1v) is 8.73. The van der Waals surface area contributed by atoms with Gasteiger partial charge in [-0.2, -0.15) is 0 Å². The number of imide groups is 1. The van der Waals surface area contributed by atoms with Gasteiger partial charge in [0.05, 0.1) is 24.6 Å². The molecular weight excluding hydrogens is 367 g/mol. The zero-order valence-electron chi connectivity index (χ0n) is 14.8. The predicted molar refractivity (Wildman–Crippen MR) is 99.5 cm³/mol. The maximum absolute atomic E-state index is 13.5. The van der Waals surface area contributed by atoms with Gasteiger partial charge in [-0.15, -0.1) is 0 Å². The van der Waals surface area contributed by atoms with Gasteiger partial charge in [0, 0.05) is 13.1 Å². The molecule has 144 valence electrons. The molecule has 0 aromatic heterocycles. The number of halogens is 1. The van der Waals surface area contributed by atoms with Gasteiger partial charge in [0.2, 0.25) is 0 Å². The minimum atomic E-state index is -0.833. The highest BCUT2D eigenvalue weighted by Gasteiger charge is 2.39. The van der Waals surface area contributed by atoms with Crippen molar-refractivity contribution in [2.45, 2.75) is 0 Å². The topological polar surface area (TPSA) is 79.3 Å². The van der Waals surface area contributed by atoms with Gasteiger partial charge in [-0.3, -0.25) is 4.79 Å². The highest BCUT2D eigenvalue weighted by Crippen LogP contribution is 2.34. The van der Waals surface area contributed by atoms with Crippen LogP contribution in [-0.2, 0) is 14.3 Å². The first kappa shape index (κ1) is 18.0. The molecule has 7 nitrogen and oxygen atoms in total. The van der Waals surface area contributed by atoms with E-state index in [1.54, 1.807) is 12.1 Å². The fraction of sp³-hybridized carbons (Fsp3) is 0.200. The van der Waals surface area contributed by atoms with Crippen LogP contribution in [0.1, 0.15) is 5.56 Å². The quantitative estimate of drug-likeness (QED) is 0.820. The van der Waals surface area contributed by atoms with Gasteiger partial charge in [-0.25, -0.2) is 14.1 Å². The first-order chi connectivity index (χ1) is 13.5. The van der Waals surface area contributed by atoms with Gasteiger partial charge in [0.1, 0.15) is 0 Å². The van der Waals surface area contributed by atoms with Crippen LogP contribution in [0.3, 0.4) is 0 Å². The fourth-order valence-corrected chi connectivity index (χ4v) is 3.16. The highest BCUT2D eigenvalue weighted by molar-refractivity contribution is 6.25. The van der Waals surface area contributed by atoms with Crippen molar-refractivity contribution in [1.82, 2.24) is 0 Å². The van der Waals surface area contributed by atoms with Gasteiger partial charge >= 0.3 is 12.0 Å². The van der Waals surface area contributed by atoms with Crippen LogP contribution in [0, 0.1) is 5.82 Å². The van der Waals surface area contributed by atoms with E-state index < -0.39 is 23.6 Å². The number of rotatable bonds is 3. The zero-order valence-corrected chi connectivity index (χ0v) is 14.8. The average Bonchev–Trinajstić information content (AvgIpc) is 2.98. The Labute approximate surface area is 160 Å². The van der Waals surface area contributed by atoms with Crippen LogP contribution in [0.25, 0.3) is 6.08 Å². The number of phenols is 1. The molecular formula is C20H17FN2O5. The third-order valence-electron chi connectivity index (χ3n) is 4.54. The second kappa shape index (κ2) is 7.32. The number of hydrogen-bond donors (Lipinski definition) is 1. The molecule has 0 saturated carbocycles. The molecule has 2 aliphatic heterocycles. The van der Waals surface area contributed by atoms with Crippen molar-refractivity contribution in [2.24, 2.45) is 0 Å². The van der Waals surface area contributed by atoms with Gasteiger partial charge in [0.15, 0.2) is 17.3 Å². The third-order valence-corrected chi connectivity index (χ3v) is 4.54. The van der Waals surface area contributed by atoms with Crippen molar-refractivity contribution in [3.8, 4) is 5.75 Å². The molecule has 28 heavy (non-hydrogen) atoms. The Morgan fingerprint density at radius 2 is 1.75 bits per heavy atom. The second-order valence-electron chi connectivity index (χ2n) is 6.32. The summed E-state index contributed by atoms with van der Waals surface area (Å²) >= 11 is 0. The van der Waals surface area contributed by atoms with E-state index in [9.17, 15) is 19.1 Å². The Bertz CT molecular complexity index is 969. The van der Waals surface area contributed by atoms with Crippen LogP contribution >= 0.6 is 0 Å². The summed E-state index contributed by atoms with van der Waals surface area (Å²) in [6.45, 7) is 2.40. The van der Waals surface area contributed by atoms with Crippen LogP contribution in [0.5, 0.6) is 5.75 Å². The number of phenolic OH excluding ortho intramolecular Hbond substituents is 1. The van der Waals surface area contributed by atoms with Crippen molar-refractivity contribution < 1.29 is 28.6 Å². The molecule has 2 saturated heterocycles. The van der Waals surface area contributed by atoms with Crippen molar-refractivity contribution >= 4 is 29.5 Å². The number of carbonyl (C=O) groups is 2. The molecule has 0 aliphatic carbocycles. The van der Waals surface area contributed by atoms with Gasteiger partial charge in [0.25, 0.3) is 0 Å². The van der Waals surface area contributed by atoms with Gasteiger partial charge in [-0.1, -0.05) is 18.2 Å². The normalized spacial score (nSPS) is 18.7. The summed E-state index contributed by atoms with van der Waals surface area (Å²) < 4.78 is 24.0. The number of para-hydroxylation sites is 2. The molecule has 8 heteroatoms. The molecule has 0 bridgehead atoms. The summed E-state index contributed by atoms with van der Waals surface area (Å²) in [5.41, 5.74) is 1.43. The van der Waals surface area contributed by atoms with E-state index in [4.69, 9.17) is 9.47 Å². The number of amides is 2. The van der Waals surface area contributed by atoms with E-state index in [1.165, 1.54) is 12.1 Å². The van der Waals surface area contributed by atoms with E-state index >= 15 is 0 Å². The van der Waals surface area contributed by atoms with Crippen molar-refractivity contribution in [1.29, 1.82) is 0 Å². The molecule has 4 rings (SSSR count). The highest BCUT2D eigenvalue weighted by atomic mass is 19.1. The Morgan fingerprint density at radius 3 is 2.46 bits per heavy atom. The minimum absolute atomic E-state index is 0.216. The molecule has 0 unspecified atom stereocenters. The lowest BCUT2D eigenvalue weighted by Gasteiger charge is -2.31. The molecule has 0 radical (unpaired) electrons. The summed E-state index contributed by atoms with van der Waals surface area (Å²) in [6.07, 6.45) is 0.441. The van der Waals surface area contributed by atoms with Crippen LogP contribution in [0.4, 0.5) is 20.6 Å². The van der Waals surface area contributed by atoms with E-state index in [0.29, 0.717) is 32.0 Å². The van der Waals surface area contributed by atoms with E-state index in [-0.39, 0.29) is 11.3 Å². The predicted octanol–water partition coefficient (Wildman–Crippen LogP) is 2.89. The number of benzene rings is 2. The second-order valence-corrected chi connectivity index (χ2v) is 6.32. The molecule has 2 aromatic rings. The van der Waals surface area contributed by atoms with Gasteiger partial charge < -0.3 is 19.5 Å².